The molecule has 0 bridgehead atoms. The molecule has 0 spiro atoms. The van der Waals surface area contributed by atoms with E-state index in [1.807, 2.05) is 0 Å². The first-order chi connectivity index (χ1) is 8.93. The van der Waals surface area contributed by atoms with Gasteiger partial charge in [-0.25, -0.2) is 17.6 Å². The first-order valence-corrected chi connectivity index (χ1v) is 5.55. The molecule has 0 amide bonds. The molecular formula is C13H10BF4O. The maximum atomic E-state index is 14.4. The molecule has 0 saturated heterocycles. The second-order valence-corrected chi connectivity index (χ2v) is 4.22. The molecule has 1 atom stereocenters. The largest absolute Gasteiger partial charge is 0.497 e. The molecule has 1 nitrogen and oxygen atoms in total. The number of hydrogen-bond acceptors (Lipinski definition) is 1. The van der Waals surface area contributed by atoms with Crippen LogP contribution in [0.25, 0.3) is 0 Å². The first kappa shape index (κ1) is 13.7. The van der Waals surface area contributed by atoms with E-state index in [-0.39, 0.29) is 11.2 Å². The Morgan fingerprint density at radius 1 is 1.26 bits per heavy atom. The van der Waals surface area contributed by atoms with Crippen LogP contribution in [0, 0.1) is 11.6 Å². The standard InChI is InChI=1S/C13H10BF4O/c1-19-11-6-9(16)5-10(17)12(11)14-13(18)4-2-3-8(15)7-13/h2-6H,7H2,1H3. The van der Waals surface area contributed by atoms with Gasteiger partial charge in [0.1, 0.15) is 28.8 Å². The van der Waals surface area contributed by atoms with Gasteiger partial charge in [0.25, 0.3) is 0 Å². The molecule has 1 aromatic rings. The maximum absolute atomic E-state index is 14.4. The molecule has 6 heteroatoms. The third-order valence-corrected chi connectivity index (χ3v) is 2.75. The average molecular weight is 269 g/mol. The number of methoxy groups -OCH3 is 1. The van der Waals surface area contributed by atoms with Crippen molar-refractivity contribution in [3.8, 4) is 5.75 Å². The van der Waals surface area contributed by atoms with E-state index in [9.17, 15) is 17.6 Å². The first-order valence-electron chi connectivity index (χ1n) is 5.55. The highest BCUT2D eigenvalue weighted by molar-refractivity contribution is 6.58. The predicted molar refractivity (Wildman–Crippen MR) is 65.1 cm³/mol. The van der Waals surface area contributed by atoms with Gasteiger partial charge in [-0.15, -0.1) is 0 Å². The molecule has 0 heterocycles. The Morgan fingerprint density at radius 3 is 2.63 bits per heavy atom. The third-order valence-electron chi connectivity index (χ3n) is 2.75. The van der Waals surface area contributed by atoms with E-state index in [4.69, 9.17) is 4.74 Å². The Kier molecular flexibility index (Phi) is 3.69. The topological polar surface area (TPSA) is 9.23 Å². The van der Waals surface area contributed by atoms with Crippen molar-refractivity contribution in [2.45, 2.75) is 12.0 Å². The summed E-state index contributed by atoms with van der Waals surface area (Å²) in [5.74, 6) is -2.58. The van der Waals surface area contributed by atoms with Crippen LogP contribution in [-0.4, -0.2) is 20.0 Å². The SMILES string of the molecule is COc1cc(F)cc(F)c1[B]C1(F)C=CC=C(F)C1. The molecule has 0 fully saturated rings. The van der Waals surface area contributed by atoms with Crippen molar-refractivity contribution in [3.05, 3.63) is 47.8 Å². The molecule has 1 radical (unpaired) electrons. The van der Waals surface area contributed by atoms with Crippen molar-refractivity contribution >= 4 is 12.7 Å². The van der Waals surface area contributed by atoms with Crippen molar-refractivity contribution in [1.29, 1.82) is 0 Å². The number of rotatable bonds is 3. The molecule has 0 aromatic heterocycles. The van der Waals surface area contributed by atoms with Crippen molar-refractivity contribution in [3.63, 3.8) is 0 Å². The van der Waals surface area contributed by atoms with E-state index in [2.05, 4.69) is 0 Å². The van der Waals surface area contributed by atoms with E-state index in [0.29, 0.717) is 6.07 Å². The predicted octanol–water partition coefficient (Wildman–Crippen LogP) is 2.78. The van der Waals surface area contributed by atoms with E-state index in [1.165, 1.54) is 13.2 Å². The summed E-state index contributed by atoms with van der Waals surface area (Å²) in [5.41, 5.74) is -2.39. The summed E-state index contributed by atoms with van der Waals surface area (Å²) < 4.78 is 59.0. The van der Waals surface area contributed by atoms with Gasteiger partial charge in [0.2, 0.25) is 7.28 Å². The summed E-state index contributed by atoms with van der Waals surface area (Å²) in [6.07, 6.45) is 2.93. The normalized spacial score (nSPS) is 22.1. The summed E-state index contributed by atoms with van der Waals surface area (Å²) in [5, 5.41) is 0. The lowest BCUT2D eigenvalue weighted by atomic mass is 9.54. The summed E-state index contributed by atoms with van der Waals surface area (Å²) in [6.45, 7) is 0. The fourth-order valence-electron chi connectivity index (χ4n) is 1.90. The lowest BCUT2D eigenvalue weighted by Crippen LogP contribution is -2.40. The monoisotopic (exact) mass is 269 g/mol. The lowest BCUT2D eigenvalue weighted by molar-refractivity contribution is 0.315. The summed E-state index contributed by atoms with van der Waals surface area (Å²) in [6, 6.07) is 1.56. The Labute approximate surface area is 108 Å². The molecule has 1 aliphatic rings. The number of benzene rings is 1. The van der Waals surface area contributed by atoms with Crippen molar-refractivity contribution in [1.82, 2.24) is 0 Å². The highest BCUT2D eigenvalue weighted by Gasteiger charge is 2.34. The van der Waals surface area contributed by atoms with Gasteiger partial charge < -0.3 is 4.74 Å². The van der Waals surface area contributed by atoms with Crippen LogP contribution in [0.3, 0.4) is 0 Å². The lowest BCUT2D eigenvalue weighted by Gasteiger charge is -2.23. The third kappa shape index (κ3) is 3.00. The highest BCUT2D eigenvalue weighted by Crippen LogP contribution is 2.28. The zero-order valence-corrected chi connectivity index (χ0v) is 10.1. The smallest absolute Gasteiger partial charge is 0.216 e. The second kappa shape index (κ2) is 5.11. The molecule has 0 N–H and O–H groups in total. The second-order valence-electron chi connectivity index (χ2n) is 4.22. The van der Waals surface area contributed by atoms with E-state index in [0.717, 1.165) is 25.5 Å². The fraction of sp³-hybridized carbons (Fsp3) is 0.231. The molecule has 1 aliphatic carbocycles. The molecular weight excluding hydrogens is 259 g/mol. The molecule has 1 unspecified atom stereocenters. The number of alkyl halides is 1. The van der Waals surface area contributed by atoms with Crippen LogP contribution >= 0.6 is 0 Å². The van der Waals surface area contributed by atoms with Gasteiger partial charge in [0.05, 0.1) is 7.11 Å². The van der Waals surface area contributed by atoms with Crippen LogP contribution in [0.1, 0.15) is 6.42 Å². The maximum Gasteiger partial charge on any atom is 0.216 e. The minimum absolute atomic E-state index is 0.141. The van der Waals surface area contributed by atoms with E-state index in [1.54, 1.807) is 0 Å². The summed E-state index contributed by atoms with van der Waals surface area (Å²) >= 11 is 0. The quantitative estimate of drug-likeness (QED) is 0.605. The van der Waals surface area contributed by atoms with E-state index >= 15 is 0 Å². The molecule has 99 valence electrons. The van der Waals surface area contributed by atoms with E-state index < -0.39 is 29.5 Å². The number of allylic oxidation sites excluding steroid dienone is 4. The van der Waals surface area contributed by atoms with Gasteiger partial charge in [0.15, 0.2) is 0 Å². The Morgan fingerprint density at radius 2 is 2.00 bits per heavy atom. The average Bonchev–Trinajstić information content (AvgIpc) is 2.32. The summed E-state index contributed by atoms with van der Waals surface area (Å²) in [4.78, 5) is 0. The van der Waals surface area contributed by atoms with Crippen molar-refractivity contribution in [2.24, 2.45) is 0 Å². The molecule has 2 rings (SSSR count). The van der Waals surface area contributed by atoms with Gasteiger partial charge in [-0.05, 0) is 11.5 Å². The van der Waals surface area contributed by atoms with Crippen molar-refractivity contribution in [2.75, 3.05) is 7.11 Å². The molecule has 19 heavy (non-hydrogen) atoms. The van der Waals surface area contributed by atoms with Crippen LogP contribution in [0.15, 0.2) is 36.2 Å². The highest BCUT2D eigenvalue weighted by atomic mass is 19.2. The minimum atomic E-state index is -2.16. The van der Waals surface area contributed by atoms with Crippen LogP contribution in [0.5, 0.6) is 5.75 Å². The zero-order valence-electron chi connectivity index (χ0n) is 10.1. The van der Waals surface area contributed by atoms with Crippen LogP contribution in [0.4, 0.5) is 17.6 Å². The number of ether oxygens (including phenoxy) is 1. The molecule has 1 aromatic carbocycles. The van der Waals surface area contributed by atoms with Crippen LogP contribution in [0.2, 0.25) is 0 Å². The Bertz CT molecular complexity index is 556. The van der Waals surface area contributed by atoms with Gasteiger partial charge in [0, 0.05) is 18.6 Å². The van der Waals surface area contributed by atoms with Gasteiger partial charge in [-0.3, -0.25) is 0 Å². The van der Waals surface area contributed by atoms with Crippen LogP contribution < -0.4 is 10.2 Å². The zero-order chi connectivity index (χ0) is 14.0. The Hall–Kier alpha value is -1.72. The van der Waals surface area contributed by atoms with Crippen molar-refractivity contribution < 1.29 is 22.3 Å². The van der Waals surface area contributed by atoms with Gasteiger partial charge >= 0.3 is 0 Å². The molecule has 0 aliphatic heterocycles. The molecule has 0 saturated carbocycles. The Balaban J connectivity index is 2.34. The number of halogens is 4. The van der Waals surface area contributed by atoms with Gasteiger partial charge in [-0.1, -0.05) is 12.2 Å². The van der Waals surface area contributed by atoms with Crippen LogP contribution in [-0.2, 0) is 0 Å². The minimum Gasteiger partial charge on any atom is -0.497 e. The fourth-order valence-corrected chi connectivity index (χ4v) is 1.90. The van der Waals surface area contributed by atoms with Gasteiger partial charge in [-0.2, -0.15) is 0 Å². The number of hydrogen-bond donors (Lipinski definition) is 0. The summed E-state index contributed by atoms with van der Waals surface area (Å²) in [7, 11) is 2.11.